The van der Waals surface area contributed by atoms with Gasteiger partial charge in [-0.3, -0.25) is 19.8 Å². The van der Waals surface area contributed by atoms with Crippen LogP contribution in [0, 0.1) is 17.0 Å². The zero-order valence-corrected chi connectivity index (χ0v) is 16.6. The van der Waals surface area contributed by atoms with Crippen LogP contribution in [0.4, 0.5) is 11.4 Å². The summed E-state index contributed by atoms with van der Waals surface area (Å²) in [7, 11) is 0. The average Bonchev–Trinajstić information content (AvgIpc) is 2.69. The molecule has 0 aromatic heterocycles. The molecule has 1 aliphatic rings. The lowest BCUT2D eigenvalue weighted by Gasteiger charge is -2.26. The molecule has 6 nitrogen and oxygen atoms in total. The van der Waals surface area contributed by atoms with Crippen LogP contribution >= 0.6 is 11.8 Å². The minimum absolute atomic E-state index is 0.0284. The van der Waals surface area contributed by atoms with Crippen molar-refractivity contribution in [2.24, 2.45) is 0 Å². The van der Waals surface area contributed by atoms with Gasteiger partial charge in [-0.2, -0.15) is 11.8 Å². The van der Waals surface area contributed by atoms with Crippen molar-refractivity contribution in [3.63, 3.8) is 0 Å². The first-order valence-electron chi connectivity index (χ1n) is 9.14. The largest absolute Gasteiger partial charge is 0.322 e. The third-order valence-corrected chi connectivity index (χ3v) is 5.53. The highest BCUT2D eigenvalue weighted by molar-refractivity contribution is 7.99. The van der Waals surface area contributed by atoms with Gasteiger partial charge in [-0.25, -0.2) is 0 Å². The van der Waals surface area contributed by atoms with Gasteiger partial charge in [0.05, 0.1) is 4.92 Å². The molecule has 1 amide bonds. The summed E-state index contributed by atoms with van der Waals surface area (Å²) in [5.41, 5.74) is 3.83. The SMILES string of the molecule is Cc1cc(CN2CCSCC2)ccc1NC(=O)C=Cc1ccc([N+](=O)[O-])cc1. The molecular weight excluding hydrogens is 374 g/mol. The van der Waals surface area contributed by atoms with Gasteiger partial charge in [0, 0.05) is 55.0 Å². The van der Waals surface area contributed by atoms with E-state index in [4.69, 9.17) is 0 Å². The van der Waals surface area contributed by atoms with Crippen molar-refractivity contribution in [3.8, 4) is 0 Å². The molecule has 2 aromatic rings. The van der Waals surface area contributed by atoms with Crippen molar-refractivity contribution >= 4 is 35.1 Å². The quantitative estimate of drug-likeness (QED) is 0.451. The third-order valence-electron chi connectivity index (χ3n) is 4.59. The standard InChI is InChI=1S/C21H23N3O3S/c1-16-14-18(15-23-10-12-28-13-11-23)4-8-20(16)22-21(25)9-5-17-2-6-19(7-3-17)24(26)27/h2-9,14H,10-13,15H2,1H3,(H,22,25). The maximum atomic E-state index is 12.2. The molecule has 0 unspecified atom stereocenters. The molecule has 0 saturated carbocycles. The summed E-state index contributed by atoms with van der Waals surface area (Å²) < 4.78 is 0. The van der Waals surface area contributed by atoms with Gasteiger partial charge in [-0.05, 0) is 47.9 Å². The van der Waals surface area contributed by atoms with Crippen molar-refractivity contribution in [3.05, 3.63) is 75.3 Å². The minimum atomic E-state index is -0.448. The molecule has 1 saturated heterocycles. The Morgan fingerprint density at radius 1 is 1.21 bits per heavy atom. The van der Waals surface area contributed by atoms with Gasteiger partial charge in [0.1, 0.15) is 0 Å². The second-order valence-corrected chi connectivity index (χ2v) is 7.93. The molecule has 1 N–H and O–H groups in total. The Hall–Kier alpha value is -2.64. The van der Waals surface area contributed by atoms with E-state index in [9.17, 15) is 14.9 Å². The molecule has 28 heavy (non-hydrogen) atoms. The number of nitro groups is 1. The summed E-state index contributed by atoms with van der Waals surface area (Å²) in [6.07, 6.45) is 3.07. The second-order valence-electron chi connectivity index (χ2n) is 6.71. The molecule has 1 heterocycles. The van der Waals surface area contributed by atoms with Gasteiger partial charge in [-0.1, -0.05) is 12.1 Å². The molecule has 146 valence electrons. The van der Waals surface area contributed by atoms with Crippen LogP contribution < -0.4 is 5.32 Å². The first kappa shape index (κ1) is 20.1. The van der Waals surface area contributed by atoms with Gasteiger partial charge >= 0.3 is 0 Å². The number of nitro benzene ring substituents is 1. The van der Waals surface area contributed by atoms with Gasteiger partial charge < -0.3 is 5.32 Å². The van der Waals surface area contributed by atoms with Crippen molar-refractivity contribution in [1.82, 2.24) is 4.90 Å². The topological polar surface area (TPSA) is 75.5 Å². The highest BCUT2D eigenvalue weighted by atomic mass is 32.2. The van der Waals surface area contributed by atoms with E-state index in [0.717, 1.165) is 36.4 Å². The number of carbonyl (C=O) groups is 1. The van der Waals surface area contributed by atoms with Gasteiger partial charge in [0.15, 0.2) is 0 Å². The average molecular weight is 398 g/mol. The zero-order chi connectivity index (χ0) is 19.9. The van der Waals surface area contributed by atoms with Gasteiger partial charge in [-0.15, -0.1) is 0 Å². The van der Waals surface area contributed by atoms with Crippen LogP contribution in [-0.4, -0.2) is 40.3 Å². The predicted molar refractivity (Wildman–Crippen MR) is 115 cm³/mol. The lowest BCUT2D eigenvalue weighted by atomic mass is 10.1. The molecule has 0 atom stereocenters. The Balaban J connectivity index is 1.57. The first-order valence-corrected chi connectivity index (χ1v) is 10.3. The molecule has 1 aliphatic heterocycles. The summed E-state index contributed by atoms with van der Waals surface area (Å²) >= 11 is 2.00. The lowest BCUT2D eigenvalue weighted by Crippen LogP contribution is -2.31. The Morgan fingerprint density at radius 2 is 1.93 bits per heavy atom. The van der Waals surface area contributed by atoms with E-state index >= 15 is 0 Å². The normalized spacial score (nSPS) is 14.9. The molecule has 2 aromatic carbocycles. The Bertz CT molecular complexity index is 875. The van der Waals surface area contributed by atoms with E-state index in [-0.39, 0.29) is 11.6 Å². The van der Waals surface area contributed by atoms with Crippen LogP contribution in [0.25, 0.3) is 6.08 Å². The van der Waals surface area contributed by atoms with Gasteiger partial charge in [0.2, 0.25) is 5.91 Å². The van der Waals surface area contributed by atoms with E-state index in [0.29, 0.717) is 0 Å². The Kier molecular flexibility index (Phi) is 6.84. The number of nitrogens with one attached hydrogen (secondary N) is 1. The maximum absolute atomic E-state index is 12.2. The van der Waals surface area contributed by atoms with E-state index in [1.165, 1.54) is 35.3 Å². The monoisotopic (exact) mass is 397 g/mol. The van der Waals surface area contributed by atoms with Crippen LogP contribution in [-0.2, 0) is 11.3 Å². The summed E-state index contributed by atoms with van der Waals surface area (Å²) in [6.45, 7) is 5.17. The zero-order valence-electron chi connectivity index (χ0n) is 15.8. The van der Waals surface area contributed by atoms with Crippen LogP contribution in [0.3, 0.4) is 0 Å². The minimum Gasteiger partial charge on any atom is -0.322 e. The van der Waals surface area contributed by atoms with Crippen molar-refractivity contribution < 1.29 is 9.72 Å². The lowest BCUT2D eigenvalue weighted by molar-refractivity contribution is -0.384. The van der Waals surface area contributed by atoms with E-state index in [1.807, 2.05) is 24.8 Å². The number of rotatable bonds is 6. The third kappa shape index (κ3) is 5.68. The summed E-state index contributed by atoms with van der Waals surface area (Å²) in [4.78, 5) is 24.9. The molecule has 7 heteroatoms. The van der Waals surface area contributed by atoms with Crippen LogP contribution in [0.2, 0.25) is 0 Å². The maximum Gasteiger partial charge on any atom is 0.269 e. The van der Waals surface area contributed by atoms with E-state index < -0.39 is 4.92 Å². The number of nitrogens with zero attached hydrogens (tertiary/aromatic N) is 2. The van der Waals surface area contributed by atoms with Crippen LogP contribution in [0.15, 0.2) is 48.5 Å². The van der Waals surface area contributed by atoms with Crippen molar-refractivity contribution in [2.75, 3.05) is 29.9 Å². The van der Waals surface area contributed by atoms with E-state index in [1.54, 1.807) is 18.2 Å². The molecule has 1 fully saturated rings. The number of non-ortho nitro benzene ring substituents is 1. The number of anilines is 1. The summed E-state index contributed by atoms with van der Waals surface area (Å²) in [5, 5.41) is 13.6. The smallest absolute Gasteiger partial charge is 0.269 e. The van der Waals surface area contributed by atoms with Gasteiger partial charge in [0.25, 0.3) is 5.69 Å². The van der Waals surface area contributed by atoms with Crippen molar-refractivity contribution in [2.45, 2.75) is 13.5 Å². The number of amides is 1. The van der Waals surface area contributed by atoms with Crippen LogP contribution in [0.5, 0.6) is 0 Å². The fourth-order valence-corrected chi connectivity index (χ4v) is 4.01. The molecule has 0 bridgehead atoms. The first-order chi connectivity index (χ1) is 13.5. The predicted octanol–water partition coefficient (Wildman–Crippen LogP) is 4.10. The van der Waals surface area contributed by atoms with E-state index in [2.05, 4.69) is 22.3 Å². The number of aryl methyl sites for hydroxylation is 1. The Morgan fingerprint density at radius 3 is 2.57 bits per heavy atom. The number of benzene rings is 2. The molecule has 3 rings (SSSR count). The van der Waals surface area contributed by atoms with Crippen molar-refractivity contribution in [1.29, 1.82) is 0 Å². The summed E-state index contributed by atoms with van der Waals surface area (Å²) in [5.74, 6) is 2.14. The number of hydrogen-bond acceptors (Lipinski definition) is 5. The summed E-state index contributed by atoms with van der Waals surface area (Å²) in [6, 6.07) is 12.2. The molecular formula is C21H23N3O3S. The number of hydrogen-bond donors (Lipinski definition) is 1. The Labute approximate surface area is 168 Å². The van der Waals surface area contributed by atoms with Crippen LogP contribution in [0.1, 0.15) is 16.7 Å². The molecule has 0 aliphatic carbocycles. The highest BCUT2D eigenvalue weighted by Crippen LogP contribution is 2.19. The molecule has 0 radical (unpaired) electrons. The molecule has 0 spiro atoms. The highest BCUT2D eigenvalue weighted by Gasteiger charge is 2.11. The second kappa shape index (κ2) is 9.52. The number of carbonyl (C=O) groups excluding carboxylic acids is 1. The number of thioether (sulfide) groups is 1. The fourth-order valence-electron chi connectivity index (χ4n) is 3.04. The fraction of sp³-hybridized carbons (Fsp3) is 0.286.